The fourth-order valence-corrected chi connectivity index (χ4v) is 1.93. The first kappa shape index (κ1) is 16.1. The third kappa shape index (κ3) is 4.10. The summed E-state index contributed by atoms with van der Waals surface area (Å²) in [6.07, 6.45) is 12.4. The van der Waals surface area contributed by atoms with Crippen LogP contribution in [0.15, 0.2) is 73.3 Å². The van der Waals surface area contributed by atoms with Crippen LogP contribution in [0.4, 0.5) is 11.5 Å². The molecular formula is C17H16N4O2. The highest BCUT2D eigenvalue weighted by Crippen LogP contribution is 2.25. The van der Waals surface area contributed by atoms with E-state index in [9.17, 15) is 10.1 Å². The molecule has 0 amide bonds. The first-order chi connectivity index (χ1) is 11.2. The predicted octanol–water partition coefficient (Wildman–Crippen LogP) is 4.15. The molecule has 1 aromatic carbocycles. The molecule has 0 aliphatic heterocycles. The van der Waals surface area contributed by atoms with Crippen LogP contribution < -0.4 is 5.32 Å². The lowest BCUT2D eigenvalue weighted by molar-refractivity contribution is -0.384. The fraction of sp³-hybridized carbons (Fsp3) is 0.0588. The van der Waals surface area contributed by atoms with Crippen LogP contribution in [0.25, 0.3) is 10.9 Å². The molecule has 0 saturated carbocycles. The molecule has 1 N–H and O–H groups in total. The van der Waals surface area contributed by atoms with Gasteiger partial charge < -0.3 is 5.32 Å². The van der Waals surface area contributed by atoms with Crippen molar-refractivity contribution in [2.45, 2.75) is 6.92 Å². The van der Waals surface area contributed by atoms with Gasteiger partial charge in [0.15, 0.2) is 0 Å². The van der Waals surface area contributed by atoms with E-state index >= 15 is 0 Å². The van der Waals surface area contributed by atoms with Gasteiger partial charge in [0.1, 0.15) is 12.1 Å². The number of rotatable bonds is 6. The summed E-state index contributed by atoms with van der Waals surface area (Å²) < 4.78 is 0. The van der Waals surface area contributed by atoms with E-state index in [2.05, 4.69) is 21.9 Å². The number of nitrogens with one attached hydrogen (secondary N) is 1. The minimum atomic E-state index is -0.442. The number of allylic oxidation sites excluding steroid dienone is 6. The van der Waals surface area contributed by atoms with Gasteiger partial charge in [0.05, 0.1) is 10.4 Å². The minimum absolute atomic E-state index is 0.00550. The van der Waals surface area contributed by atoms with E-state index in [0.29, 0.717) is 16.7 Å². The summed E-state index contributed by atoms with van der Waals surface area (Å²) in [6.45, 7) is 5.60. The second-order valence-electron chi connectivity index (χ2n) is 4.55. The van der Waals surface area contributed by atoms with Crippen molar-refractivity contribution in [1.29, 1.82) is 0 Å². The van der Waals surface area contributed by atoms with E-state index in [1.165, 1.54) is 18.5 Å². The Morgan fingerprint density at radius 3 is 2.87 bits per heavy atom. The number of aromatic nitrogens is 2. The Kier molecular flexibility index (Phi) is 5.35. The monoisotopic (exact) mass is 308 g/mol. The molecule has 0 radical (unpaired) electrons. The Morgan fingerprint density at radius 2 is 2.17 bits per heavy atom. The molecule has 6 heteroatoms. The van der Waals surface area contributed by atoms with E-state index in [1.807, 2.05) is 31.2 Å². The fourth-order valence-electron chi connectivity index (χ4n) is 1.93. The predicted molar refractivity (Wildman–Crippen MR) is 92.0 cm³/mol. The van der Waals surface area contributed by atoms with Gasteiger partial charge in [-0.3, -0.25) is 10.1 Å². The molecule has 0 spiro atoms. The van der Waals surface area contributed by atoms with Crippen LogP contribution in [0.5, 0.6) is 0 Å². The highest BCUT2D eigenvalue weighted by Gasteiger charge is 2.10. The number of nitrogens with zero attached hydrogens (tertiary/aromatic N) is 3. The molecule has 0 atom stereocenters. The first-order valence-electron chi connectivity index (χ1n) is 6.94. The Balaban J connectivity index is 2.45. The first-order valence-corrected chi connectivity index (χ1v) is 6.94. The van der Waals surface area contributed by atoms with E-state index in [4.69, 9.17) is 0 Å². The Labute approximate surface area is 133 Å². The molecule has 2 rings (SSSR count). The number of fused-ring (bicyclic) bond motifs is 1. The van der Waals surface area contributed by atoms with Crippen molar-refractivity contribution < 1.29 is 4.92 Å². The van der Waals surface area contributed by atoms with Gasteiger partial charge in [0.2, 0.25) is 0 Å². The summed E-state index contributed by atoms with van der Waals surface area (Å²) in [4.78, 5) is 18.8. The van der Waals surface area contributed by atoms with Crippen molar-refractivity contribution in [3.05, 3.63) is 83.4 Å². The molecule has 2 aromatic rings. The summed E-state index contributed by atoms with van der Waals surface area (Å²) in [5.74, 6) is 0.497. The average Bonchev–Trinajstić information content (AvgIpc) is 2.55. The van der Waals surface area contributed by atoms with Crippen molar-refractivity contribution in [1.82, 2.24) is 9.97 Å². The number of non-ortho nitro benzene ring substituents is 1. The van der Waals surface area contributed by atoms with Gasteiger partial charge in [-0.1, -0.05) is 30.9 Å². The van der Waals surface area contributed by atoms with Gasteiger partial charge in [0.25, 0.3) is 5.69 Å². The van der Waals surface area contributed by atoms with Gasteiger partial charge in [-0.25, -0.2) is 9.97 Å². The van der Waals surface area contributed by atoms with Crippen molar-refractivity contribution in [2.75, 3.05) is 5.32 Å². The molecule has 1 heterocycles. The van der Waals surface area contributed by atoms with Crippen LogP contribution in [-0.4, -0.2) is 14.9 Å². The number of benzene rings is 1. The number of anilines is 1. The topological polar surface area (TPSA) is 81.0 Å². The lowest BCUT2D eigenvalue weighted by atomic mass is 10.2. The maximum absolute atomic E-state index is 11.0. The molecule has 0 unspecified atom stereocenters. The Morgan fingerprint density at radius 1 is 1.35 bits per heavy atom. The largest absolute Gasteiger partial charge is 0.340 e. The summed E-state index contributed by atoms with van der Waals surface area (Å²) in [5, 5.41) is 14.7. The molecule has 0 bridgehead atoms. The van der Waals surface area contributed by atoms with Gasteiger partial charge in [0, 0.05) is 23.2 Å². The molecule has 0 saturated heterocycles. The molecule has 1 aromatic heterocycles. The highest BCUT2D eigenvalue weighted by molar-refractivity contribution is 5.91. The number of nitro groups is 1. The Hall–Kier alpha value is -3.28. The lowest BCUT2D eigenvalue weighted by Crippen LogP contribution is -2.01. The third-order valence-corrected chi connectivity index (χ3v) is 2.97. The molecule has 6 nitrogen and oxygen atoms in total. The SMILES string of the molecule is C=C\C=C(/C=C\C=C/C)Nc1ncnc2ccc([N+](=O)[O-])cc12. The van der Waals surface area contributed by atoms with Crippen LogP contribution in [0.1, 0.15) is 6.92 Å². The second kappa shape index (κ2) is 7.65. The lowest BCUT2D eigenvalue weighted by Gasteiger charge is -2.08. The molecule has 0 fully saturated rings. The maximum atomic E-state index is 11.0. The molecular weight excluding hydrogens is 292 g/mol. The zero-order valence-electron chi connectivity index (χ0n) is 12.6. The van der Waals surface area contributed by atoms with Gasteiger partial charge >= 0.3 is 0 Å². The maximum Gasteiger partial charge on any atom is 0.270 e. The minimum Gasteiger partial charge on any atom is -0.340 e. The number of nitro benzene ring substituents is 1. The molecule has 116 valence electrons. The van der Waals surface area contributed by atoms with Crippen LogP contribution in [0.2, 0.25) is 0 Å². The summed E-state index contributed by atoms with van der Waals surface area (Å²) in [6, 6.07) is 4.48. The molecule has 0 aliphatic carbocycles. The summed E-state index contributed by atoms with van der Waals surface area (Å²) in [7, 11) is 0. The van der Waals surface area contributed by atoms with Crippen molar-refractivity contribution in [2.24, 2.45) is 0 Å². The van der Waals surface area contributed by atoms with Crippen molar-refractivity contribution in [3.63, 3.8) is 0 Å². The molecule has 0 aliphatic rings. The summed E-state index contributed by atoms with van der Waals surface area (Å²) >= 11 is 0. The molecule has 23 heavy (non-hydrogen) atoms. The average molecular weight is 308 g/mol. The van der Waals surface area contributed by atoms with Crippen LogP contribution in [-0.2, 0) is 0 Å². The van der Waals surface area contributed by atoms with Gasteiger partial charge in [-0.2, -0.15) is 0 Å². The van der Waals surface area contributed by atoms with Crippen molar-refractivity contribution in [3.8, 4) is 0 Å². The third-order valence-electron chi connectivity index (χ3n) is 2.97. The van der Waals surface area contributed by atoms with E-state index in [0.717, 1.165) is 5.70 Å². The zero-order valence-corrected chi connectivity index (χ0v) is 12.6. The second-order valence-corrected chi connectivity index (χ2v) is 4.55. The highest BCUT2D eigenvalue weighted by atomic mass is 16.6. The van der Waals surface area contributed by atoms with E-state index in [-0.39, 0.29) is 5.69 Å². The standard InChI is InChI=1S/C17H16N4O2/c1-3-5-6-8-13(7-4-2)20-17-15-11-14(21(22)23)9-10-16(15)18-12-19-17/h3-12H,2H2,1H3,(H,18,19,20)/b5-3-,8-6-,13-7+. The van der Waals surface area contributed by atoms with Gasteiger partial charge in [-0.15, -0.1) is 0 Å². The van der Waals surface area contributed by atoms with Crippen LogP contribution >= 0.6 is 0 Å². The van der Waals surface area contributed by atoms with Gasteiger partial charge in [-0.05, 0) is 25.1 Å². The number of hydrogen-bond acceptors (Lipinski definition) is 5. The van der Waals surface area contributed by atoms with E-state index in [1.54, 1.807) is 18.2 Å². The normalized spacial score (nSPS) is 12.1. The quantitative estimate of drug-likeness (QED) is 0.492. The van der Waals surface area contributed by atoms with Crippen LogP contribution in [0, 0.1) is 10.1 Å². The smallest absolute Gasteiger partial charge is 0.270 e. The van der Waals surface area contributed by atoms with Crippen LogP contribution in [0.3, 0.4) is 0 Å². The zero-order chi connectivity index (χ0) is 16.7. The summed E-state index contributed by atoms with van der Waals surface area (Å²) in [5.41, 5.74) is 1.38. The van der Waals surface area contributed by atoms with Crippen molar-refractivity contribution >= 4 is 22.4 Å². The Bertz CT molecular complexity index is 822. The van der Waals surface area contributed by atoms with E-state index < -0.39 is 4.92 Å². The number of hydrogen-bond donors (Lipinski definition) is 1.